The maximum Gasteiger partial charge on any atom is 0.293 e. The molecule has 0 fully saturated rings. The van der Waals surface area contributed by atoms with Gasteiger partial charge in [0.05, 0.1) is 10.5 Å². The van der Waals surface area contributed by atoms with Crippen molar-refractivity contribution in [2.75, 3.05) is 0 Å². The first-order valence-corrected chi connectivity index (χ1v) is 4.19. The minimum Gasteiger partial charge on any atom is -0.384 e. The second-order valence-corrected chi connectivity index (χ2v) is 3.02. The van der Waals surface area contributed by atoms with Gasteiger partial charge in [-0.25, -0.2) is 0 Å². The highest BCUT2D eigenvalue weighted by atomic mass is 35.5. The summed E-state index contributed by atoms with van der Waals surface area (Å²) >= 11 is 5.64. The quantitative estimate of drug-likeness (QED) is 0.477. The van der Waals surface area contributed by atoms with Gasteiger partial charge < -0.3 is 5.11 Å². The highest BCUT2D eigenvalue weighted by molar-refractivity contribution is 6.32. The van der Waals surface area contributed by atoms with Crippen molar-refractivity contribution in [3.05, 3.63) is 51.6 Å². The Bertz CT molecular complexity index is 378. The molecule has 0 saturated carbocycles. The number of para-hydroxylation sites is 1. The van der Waals surface area contributed by atoms with E-state index in [4.69, 9.17) is 11.6 Å². The normalized spacial score (nSPS) is 12.1. The molecule has 1 N–H and O–H groups in total. The zero-order valence-electron chi connectivity index (χ0n) is 7.18. The Morgan fingerprint density at radius 2 is 2.29 bits per heavy atom. The van der Waals surface area contributed by atoms with Crippen LogP contribution in [-0.4, -0.2) is 10.0 Å². The molecule has 0 heterocycles. The maximum atomic E-state index is 10.6. The maximum absolute atomic E-state index is 10.6. The number of hydrogen-bond acceptors (Lipinski definition) is 3. The van der Waals surface area contributed by atoms with Crippen LogP contribution in [0.2, 0.25) is 5.02 Å². The minimum atomic E-state index is -1.07. The third kappa shape index (κ3) is 1.92. The molecule has 0 aliphatic rings. The highest BCUT2D eigenvalue weighted by Crippen LogP contribution is 2.32. The van der Waals surface area contributed by atoms with Crippen molar-refractivity contribution >= 4 is 17.3 Å². The van der Waals surface area contributed by atoms with Gasteiger partial charge in [0.2, 0.25) is 0 Å². The first-order chi connectivity index (χ1) is 6.57. The highest BCUT2D eigenvalue weighted by Gasteiger charge is 2.21. The van der Waals surface area contributed by atoms with Gasteiger partial charge in [0.15, 0.2) is 0 Å². The summed E-state index contributed by atoms with van der Waals surface area (Å²) < 4.78 is 0. The molecular weight excluding hydrogens is 206 g/mol. The van der Waals surface area contributed by atoms with Crippen LogP contribution < -0.4 is 0 Å². The lowest BCUT2D eigenvalue weighted by Gasteiger charge is -2.06. The molecule has 1 aromatic carbocycles. The van der Waals surface area contributed by atoms with E-state index >= 15 is 0 Å². The predicted molar refractivity (Wildman–Crippen MR) is 53.3 cm³/mol. The molecule has 14 heavy (non-hydrogen) atoms. The zero-order chi connectivity index (χ0) is 10.7. The summed E-state index contributed by atoms with van der Waals surface area (Å²) in [5.41, 5.74) is -0.126. The SMILES string of the molecule is C=CC(O)c1cccc(Cl)c1[N+](=O)[O-]. The second kappa shape index (κ2) is 4.21. The number of nitro groups is 1. The molecule has 0 aliphatic heterocycles. The van der Waals surface area contributed by atoms with Gasteiger partial charge in [-0.15, -0.1) is 6.58 Å². The van der Waals surface area contributed by atoms with E-state index < -0.39 is 11.0 Å². The Hall–Kier alpha value is -1.39. The van der Waals surface area contributed by atoms with Crippen LogP contribution in [-0.2, 0) is 0 Å². The number of rotatable bonds is 3. The van der Waals surface area contributed by atoms with Crippen molar-refractivity contribution in [3.63, 3.8) is 0 Å². The molecule has 0 aromatic heterocycles. The van der Waals surface area contributed by atoms with Crippen molar-refractivity contribution < 1.29 is 10.0 Å². The molecule has 1 unspecified atom stereocenters. The van der Waals surface area contributed by atoms with Crippen LogP contribution >= 0.6 is 11.6 Å². The van der Waals surface area contributed by atoms with Crippen LogP contribution in [0.5, 0.6) is 0 Å². The minimum absolute atomic E-state index is 0.00778. The van der Waals surface area contributed by atoms with Crippen molar-refractivity contribution in [2.24, 2.45) is 0 Å². The van der Waals surface area contributed by atoms with Gasteiger partial charge >= 0.3 is 0 Å². The third-order valence-electron chi connectivity index (χ3n) is 1.74. The monoisotopic (exact) mass is 213 g/mol. The lowest BCUT2D eigenvalue weighted by atomic mass is 10.1. The molecule has 0 bridgehead atoms. The Balaban J connectivity index is 3.35. The molecule has 74 valence electrons. The fourth-order valence-corrected chi connectivity index (χ4v) is 1.34. The lowest BCUT2D eigenvalue weighted by molar-refractivity contribution is -0.385. The number of nitrogens with zero attached hydrogens (tertiary/aromatic N) is 1. The van der Waals surface area contributed by atoms with Crippen molar-refractivity contribution in [2.45, 2.75) is 6.10 Å². The molecule has 1 aromatic rings. The van der Waals surface area contributed by atoms with Gasteiger partial charge in [0.25, 0.3) is 5.69 Å². The number of benzene rings is 1. The Morgan fingerprint density at radius 3 is 2.79 bits per heavy atom. The van der Waals surface area contributed by atoms with E-state index in [1.165, 1.54) is 24.3 Å². The van der Waals surface area contributed by atoms with Gasteiger partial charge in [-0.3, -0.25) is 10.1 Å². The largest absolute Gasteiger partial charge is 0.384 e. The fourth-order valence-electron chi connectivity index (χ4n) is 1.09. The van der Waals surface area contributed by atoms with Crippen molar-refractivity contribution in [1.29, 1.82) is 0 Å². The van der Waals surface area contributed by atoms with Crippen LogP contribution in [0.15, 0.2) is 30.9 Å². The van der Waals surface area contributed by atoms with Crippen LogP contribution in [0.3, 0.4) is 0 Å². The van der Waals surface area contributed by atoms with Crippen molar-refractivity contribution in [3.8, 4) is 0 Å². The van der Waals surface area contributed by atoms with E-state index in [1.807, 2.05) is 0 Å². The topological polar surface area (TPSA) is 63.4 Å². The van der Waals surface area contributed by atoms with Crippen LogP contribution in [0.25, 0.3) is 0 Å². The molecule has 0 saturated heterocycles. The molecule has 0 spiro atoms. The van der Waals surface area contributed by atoms with E-state index in [0.29, 0.717) is 0 Å². The standard InChI is InChI=1S/C9H8ClNO3/c1-2-8(12)6-4-3-5-7(10)9(6)11(13)14/h2-5,8,12H,1H2. The first-order valence-electron chi connectivity index (χ1n) is 3.81. The number of aliphatic hydroxyl groups excluding tert-OH is 1. The summed E-state index contributed by atoms with van der Waals surface area (Å²) in [5.74, 6) is 0. The summed E-state index contributed by atoms with van der Waals surface area (Å²) in [6.45, 7) is 3.35. The van der Waals surface area contributed by atoms with E-state index in [1.54, 1.807) is 0 Å². The van der Waals surface area contributed by atoms with E-state index in [9.17, 15) is 15.2 Å². The zero-order valence-corrected chi connectivity index (χ0v) is 7.94. The van der Waals surface area contributed by atoms with Gasteiger partial charge in [-0.1, -0.05) is 23.7 Å². The Labute approximate surface area is 85.6 Å². The molecule has 5 heteroatoms. The predicted octanol–water partition coefficient (Wildman–Crippen LogP) is 2.47. The number of hydrogen-bond donors (Lipinski definition) is 1. The van der Waals surface area contributed by atoms with Crippen molar-refractivity contribution in [1.82, 2.24) is 0 Å². The van der Waals surface area contributed by atoms with Crippen LogP contribution in [0.1, 0.15) is 11.7 Å². The average Bonchev–Trinajstić information content (AvgIpc) is 2.15. The number of aliphatic hydroxyl groups is 1. The number of nitro benzene ring substituents is 1. The number of halogens is 1. The summed E-state index contributed by atoms with van der Waals surface area (Å²) in [6.07, 6.45) is 0.132. The van der Waals surface area contributed by atoms with E-state index in [-0.39, 0.29) is 16.3 Å². The smallest absolute Gasteiger partial charge is 0.293 e. The molecule has 0 amide bonds. The summed E-state index contributed by atoms with van der Waals surface area (Å²) in [7, 11) is 0. The van der Waals surface area contributed by atoms with E-state index in [0.717, 1.165) is 0 Å². The molecule has 0 radical (unpaired) electrons. The summed E-state index contributed by atoms with van der Waals surface area (Å²) in [4.78, 5) is 10.0. The summed E-state index contributed by atoms with van der Waals surface area (Å²) in [6, 6.07) is 4.38. The fraction of sp³-hybridized carbons (Fsp3) is 0.111. The lowest BCUT2D eigenvalue weighted by Crippen LogP contribution is -2.00. The molecule has 4 nitrogen and oxygen atoms in total. The van der Waals surface area contributed by atoms with Gasteiger partial charge in [0.1, 0.15) is 11.1 Å². The Morgan fingerprint density at radius 1 is 1.64 bits per heavy atom. The molecule has 1 rings (SSSR count). The van der Waals surface area contributed by atoms with Crippen LogP contribution in [0.4, 0.5) is 5.69 Å². The summed E-state index contributed by atoms with van der Waals surface area (Å²) in [5, 5.41) is 20.0. The average molecular weight is 214 g/mol. The Kier molecular flexibility index (Phi) is 3.22. The van der Waals surface area contributed by atoms with Gasteiger partial charge in [-0.05, 0) is 12.1 Å². The first kappa shape index (κ1) is 10.7. The second-order valence-electron chi connectivity index (χ2n) is 2.62. The third-order valence-corrected chi connectivity index (χ3v) is 2.05. The van der Waals surface area contributed by atoms with Gasteiger partial charge in [-0.2, -0.15) is 0 Å². The molecular formula is C9H8ClNO3. The van der Waals surface area contributed by atoms with Crippen LogP contribution in [0, 0.1) is 10.1 Å². The molecule has 1 atom stereocenters. The van der Waals surface area contributed by atoms with E-state index in [2.05, 4.69) is 6.58 Å². The van der Waals surface area contributed by atoms with Gasteiger partial charge in [0, 0.05) is 0 Å². The molecule has 0 aliphatic carbocycles.